The number of amides is 2. The number of aromatic nitrogens is 2. The molecule has 2 amide bonds. The second-order valence-electron chi connectivity index (χ2n) is 9.34. The van der Waals surface area contributed by atoms with Gasteiger partial charge in [-0.15, -0.1) is 0 Å². The first kappa shape index (κ1) is 33.1. The molecule has 226 valence electrons. The van der Waals surface area contributed by atoms with Gasteiger partial charge >= 0.3 is 0 Å². The van der Waals surface area contributed by atoms with Gasteiger partial charge in [0.2, 0.25) is 0 Å². The predicted octanol–water partition coefficient (Wildman–Crippen LogP) is 8.61. The van der Waals surface area contributed by atoms with Crippen molar-refractivity contribution in [1.82, 2.24) is 20.2 Å². The molecule has 3 aromatic carbocycles. The lowest BCUT2D eigenvalue weighted by atomic mass is 10.0. The Kier molecular flexibility index (Phi) is 13.0. The summed E-state index contributed by atoms with van der Waals surface area (Å²) in [6.07, 6.45) is 2.15. The van der Waals surface area contributed by atoms with E-state index in [1.54, 1.807) is 6.07 Å². The summed E-state index contributed by atoms with van der Waals surface area (Å²) in [6.45, 7) is 8.47. The number of rotatable bonds is 10. The molecule has 0 saturated heterocycles. The molecule has 7 nitrogen and oxygen atoms in total. The van der Waals surface area contributed by atoms with Crippen LogP contribution in [0.4, 0.5) is 0 Å². The van der Waals surface area contributed by atoms with Crippen molar-refractivity contribution in [3.05, 3.63) is 113 Å². The van der Waals surface area contributed by atoms with Gasteiger partial charge in [-0.05, 0) is 78.4 Å². The van der Waals surface area contributed by atoms with Gasteiger partial charge in [0.05, 0.1) is 17.1 Å². The molecule has 0 aliphatic heterocycles. The van der Waals surface area contributed by atoms with Crippen molar-refractivity contribution in [1.29, 1.82) is 0 Å². The Balaban J connectivity index is 0.00000121. The number of halogens is 1. The molecule has 0 fully saturated rings. The molecule has 5 rings (SSSR count). The van der Waals surface area contributed by atoms with Gasteiger partial charge in [-0.2, -0.15) is 0 Å². The summed E-state index contributed by atoms with van der Waals surface area (Å²) in [7, 11) is 1.97. The van der Waals surface area contributed by atoms with Gasteiger partial charge in [0.25, 0.3) is 11.8 Å². The van der Waals surface area contributed by atoms with E-state index in [4.69, 9.17) is 21.0 Å². The normalized spacial score (nSPS) is 11.0. The fourth-order valence-electron chi connectivity index (χ4n) is 4.63. The van der Waals surface area contributed by atoms with Crippen LogP contribution in [0.5, 0.6) is 0 Å². The first-order valence-corrected chi connectivity index (χ1v) is 15.3. The Bertz CT molecular complexity index is 1580. The third kappa shape index (κ3) is 8.82. The number of fused-ring (bicyclic) bond motifs is 1. The second kappa shape index (κ2) is 16.9. The number of para-hydroxylation sites is 2. The predicted molar refractivity (Wildman–Crippen MR) is 175 cm³/mol. The largest absolute Gasteiger partial charge is 0.440 e. The van der Waals surface area contributed by atoms with Crippen LogP contribution in [-0.4, -0.2) is 27.9 Å². The maximum atomic E-state index is 13.3. The first-order valence-electron chi connectivity index (χ1n) is 14.9. The van der Waals surface area contributed by atoms with E-state index in [0.717, 1.165) is 40.8 Å². The van der Waals surface area contributed by atoms with E-state index >= 15 is 0 Å². The van der Waals surface area contributed by atoms with E-state index in [-0.39, 0.29) is 28.8 Å². The number of aryl methyl sites for hydroxylation is 1. The smallest absolute Gasteiger partial charge is 0.287 e. The van der Waals surface area contributed by atoms with E-state index in [0.29, 0.717) is 18.5 Å². The van der Waals surface area contributed by atoms with Gasteiger partial charge in [-0.25, -0.2) is 4.98 Å². The maximum absolute atomic E-state index is 13.3. The Morgan fingerprint density at radius 2 is 1.47 bits per heavy atom. The highest BCUT2D eigenvalue weighted by Crippen LogP contribution is 2.25. The van der Waals surface area contributed by atoms with Crippen molar-refractivity contribution in [2.45, 2.75) is 53.0 Å². The van der Waals surface area contributed by atoms with Crippen LogP contribution in [0.15, 0.2) is 95.4 Å². The number of imidazole rings is 1. The topological polar surface area (TPSA) is 89.2 Å². The van der Waals surface area contributed by atoms with Crippen LogP contribution in [-0.2, 0) is 7.05 Å². The molecule has 0 saturated carbocycles. The van der Waals surface area contributed by atoms with Crippen LogP contribution >= 0.6 is 11.6 Å². The molecule has 43 heavy (non-hydrogen) atoms. The third-order valence-electron chi connectivity index (χ3n) is 6.70. The SMILES string of the molecule is CC.CC.Cn1c(C(CCCCNC(=O)c2ccc(Cl)o2)NC(=O)c2ccc(-c3ccccc3)cc2)nc2ccccc21. The van der Waals surface area contributed by atoms with Crippen molar-refractivity contribution in [3.8, 4) is 11.1 Å². The third-order valence-corrected chi connectivity index (χ3v) is 6.90. The Morgan fingerprint density at radius 3 is 2.12 bits per heavy atom. The molecule has 0 spiro atoms. The number of unbranched alkanes of at least 4 members (excludes halogenated alkanes) is 1. The summed E-state index contributed by atoms with van der Waals surface area (Å²) in [5, 5.41) is 6.22. The van der Waals surface area contributed by atoms with Crippen LogP contribution in [0.1, 0.15) is 79.7 Å². The number of hydrogen-bond donors (Lipinski definition) is 2. The number of furan rings is 1. The van der Waals surface area contributed by atoms with Gasteiger partial charge in [0.15, 0.2) is 11.0 Å². The number of hydrogen-bond acceptors (Lipinski definition) is 4. The first-order chi connectivity index (χ1) is 21.0. The highest BCUT2D eigenvalue weighted by atomic mass is 35.5. The van der Waals surface area contributed by atoms with Crippen molar-refractivity contribution < 1.29 is 14.0 Å². The molecular weight excluding hydrogens is 560 g/mol. The monoisotopic (exact) mass is 600 g/mol. The zero-order valence-corrected chi connectivity index (χ0v) is 26.3. The molecular formula is C35H41ClN4O3. The van der Waals surface area contributed by atoms with Gasteiger partial charge < -0.3 is 19.6 Å². The number of benzene rings is 3. The molecule has 0 bridgehead atoms. The molecule has 8 heteroatoms. The van der Waals surface area contributed by atoms with Gasteiger partial charge in [-0.1, -0.05) is 82.3 Å². The highest BCUT2D eigenvalue weighted by molar-refractivity contribution is 6.29. The minimum atomic E-state index is -0.305. The fourth-order valence-corrected chi connectivity index (χ4v) is 4.77. The molecule has 1 atom stereocenters. The lowest BCUT2D eigenvalue weighted by Gasteiger charge is -2.19. The molecule has 0 aliphatic carbocycles. The van der Waals surface area contributed by atoms with Crippen molar-refractivity contribution in [2.24, 2.45) is 7.05 Å². The Labute approximate surface area is 259 Å². The summed E-state index contributed by atoms with van der Waals surface area (Å²) in [6, 6.07) is 28.4. The van der Waals surface area contributed by atoms with Gasteiger partial charge in [-0.3, -0.25) is 9.59 Å². The number of carbonyl (C=O) groups excluding carboxylic acids is 2. The zero-order chi connectivity index (χ0) is 31.2. The zero-order valence-electron chi connectivity index (χ0n) is 25.6. The van der Waals surface area contributed by atoms with Crippen LogP contribution < -0.4 is 10.6 Å². The summed E-state index contributed by atoms with van der Waals surface area (Å²) in [5.41, 5.74) is 4.62. The Hall–Kier alpha value is -4.36. The standard InChI is InChI=1S/C31H29ClN4O3.2C2H6/c1-36-26-13-6-5-11-24(26)34-29(36)25(12-7-8-20-33-31(38)27-18-19-28(32)39-27)35-30(37)23-16-14-22(15-17-23)21-9-3-2-4-10-21;2*1-2/h2-6,9-11,13-19,25H,7-8,12,20H2,1H3,(H,33,38)(H,35,37);2*1-2H3. The van der Waals surface area contributed by atoms with E-state index in [9.17, 15) is 9.59 Å². The average Bonchev–Trinajstić information content (AvgIpc) is 3.65. The van der Waals surface area contributed by atoms with Crippen LogP contribution in [0.25, 0.3) is 22.2 Å². The van der Waals surface area contributed by atoms with E-state index in [2.05, 4.69) is 10.6 Å². The van der Waals surface area contributed by atoms with Crippen molar-refractivity contribution in [3.63, 3.8) is 0 Å². The summed E-state index contributed by atoms with van der Waals surface area (Å²) >= 11 is 5.76. The van der Waals surface area contributed by atoms with Crippen LogP contribution in [0.3, 0.4) is 0 Å². The summed E-state index contributed by atoms with van der Waals surface area (Å²) < 4.78 is 7.18. The number of carbonyl (C=O) groups is 2. The lowest BCUT2D eigenvalue weighted by Crippen LogP contribution is -2.30. The molecule has 5 aromatic rings. The highest BCUT2D eigenvalue weighted by Gasteiger charge is 2.21. The second-order valence-corrected chi connectivity index (χ2v) is 9.72. The minimum absolute atomic E-state index is 0.158. The molecule has 1 unspecified atom stereocenters. The van der Waals surface area contributed by atoms with Crippen LogP contribution in [0, 0.1) is 0 Å². The van der Waals surface area contributed by atoms with E-state index in [1.165, 1.54) is 6.07 Å². The molecule has 2 N–H and O–H groups in total. The summed E-state index contributed by atoms with van der Waals surface area (Å²) in [5.74, 6) is 0.513. The van der Waals surface area contributed by atoms with E-state index < -0.39 is 0 Å². The number of nitrogens with one attached hydrogen (secondary N) is 2. The summed E-state index contributed by atoms with van der Waals surface area (Å²) in [4.78, 5) is 30.4. The Morgan fingerprint density at radius 1 is 0.814 bits per heavy atom. The van der Waals surface area contributed by atoms with Crippen molar-refractivity contribution >= 4 is 34.4 Å². The minimum Gasteiger partial charge on any atom is -0.440 e. The van der Waals surface area contributed by atoms with Crippen LogP contribution in [0.2, 0.25) is 5.22 Å². The lowest BCUT2D eigenvalue weighted by molar-refractivity contribution is 0.0923. The molecule has 2 aromatic heterocycles. The molecule has 0 aliphatic rings. The van der Waals surface area contributed by atoms with Crippen molar-refractivity contribution in [2.75, 3.05) is 6.54 Å². The fraction of sp³-hybridized carbons (Fsp3) is 0.286. The quantitative estimate of drug-likeness (QED) is 0.157. The number of nitrogens with zero attached hydrogens (tertiary/aromatic N) is 2. The molecule has 2 heterocycles. The van der Waals surface area contributed by atoms with E-state index in [1.807, 2.05) is 118 Å². The molecule has 0 radical (unpaired) electrons. The average molecular weight is 601 g/mol. The van der Waals surface area contributed by atoms with Gasteiger partial charge in [0, 0.05) is 19.2 Å². The maximum Gasteiger partial charge on any atom is 0.287 e. The van der Waals surface area contributed by atoms with Gasteiger partial charge in [0.1, 0.15) is 5.82 Å².